The van der Waals surface area contributed by atoms with Gasteiger partial charge in [-0.05, 0) is 18.6 Å². The first-order valence-electron chi connectivity index (χ1n) is 8.91. The molecule has 1 fully saturated rings. The van der Waals surface area contributed by atoms with Gasteiger partial charge in [-0.3, -0.25) is 4.98 Å². The standard InChI is InChI=1S/C17H20N4O7S/c22-17(27-11-12-28-21(23)24)19-7-2-8-20(10-9-19)29(25,26)16-4-1-3-14-13-18-6-5-15(14)16/h1,3-6,13H,2,7-12H2. The zero-order chi connectivity index (χ0) is 20.9. The molecule has 1 aromatic carbocycles. The van der Waals surface area contributed by atoms with Gasteiger partial charge in [0.05, 0.1) is 4.90 Å². The highest BCUT2D eigenvalue weighted by atomic mass is 32.2. The van der Waals surface area contributed by atoms with E-state index in [1.54, 1.807) is 36.7 Å². The minimum absolute atomic E-state index is 0.115. The van der Waals surface area contributed by atoms with Crippen LogP contribution in [0.2, 0.25) is 0 Å². The van der Waals surface area contributed by atoms with Crippen molar-refractivity contribution in [3.63, 3.8) is 0 Å². The van der Waals surface area contributed by atoms with Gasteiger partial charge in [-0.25, -0.2) is 13.2 Å². The normalized spacial score (nSPS) is 15.7. The molecule has 0 unspecified atom stereocenters. The van der Waals surface area contributed by atoms with Crippen LogP contribution in [0, 0.1) is 10.1 Å². The van der Waals surface area contributed by atoms with Gasteiger partial charge in [-0.15, -0.1) is 10.1 Å². The van der Waals surface area contributed by atoms with E-state index in [1.165, 1.54) is 9.21 Å². The summed E-state index contributed by atoms with van der Waals surface area (Å²) in [6, 6.07) is 6.69. The lowest BCUT2D eigenvalue weighted by atomic mass is 10.2. The van der Waals surface area contributed by atoms with E-state index in [0.29, 0.717) is 18.4 Å². The molecule has 0 atom stereocenters. The van der Waals surface area contributed by atoms with E-state index in [2.05, 4.69) is 9.82 Å². The van der Waals surface area contributed by atoms with Gasteiger partial charge in [0.1, 0.15) is 13.2 Å². The van der Waals surface area contributed by atoms with E-state index in [1.807, 2.05) is 0 Å². The SMILES string of the molecule is O=C(OCCO[N+](=O)[O-])N1CCCN(S(=O)(=O)c2cccc3cnccc23)CC1. The van der Waals surface area contributed by atoms with Crippen LogP contribution in [0.5, 0.6) is 0 Å². The van der Waals surface area contributed by atoms with Gasteiger partial charge in [0.2, 0.25) is 10.0 Å². The Kier molecular flexibility index (Phi) is 6.44. The number of carbonyl (C=O) groups excluding carboxylic acids is 1. The Bertz CT molecular complexity index is 993. The predicted octanol–water partition coefficient (Wildman–Crippen LogP) is 1.28. The summed E-state index contributed by atoms with van der Waals surface area (Å²) in [4.78, 5) is 31.9. The van der Waals surface area contributed by atoms with E-state index in [-0.39, 0.29) is 37.7 Å². The quantitative estimate of drug-likeness (QED) is 0.385. The monoisotopic (exact) mass is 424 g/mol. The van der Waals surface area contributed by atoms with Crippen molar-refractivity contribution in [1.82, 2.24) is 14.2 Å². The second-order valence-corrected chi connectivity index (χ2v) is 8.18. The maximum atomic E-state index is 13.2. The van der Waals surface area contributed by atoms with Crippen LogP contribution >= 0.6 is 0 Å². The Morgan fingerprint density at radius 3 is 2.79 bits per heavy atom. The minimum Gasteiger partial charge on any atom is -0.447 e. The van der Waals surface area contributed by atoms with Crippen molar-refractivity contribution in [2.45, 2.75) is 11.3 Å². The first-order valence-corrected chi connectivity index (χ1v) is 10.4. The summed E-state index contributed by atoms with van der Waals surface area (Å²) in [7, 11) is -3.76. The predicted molar refractivity (Wildman–Crippen MR) is 101 cm³/mol. The number of hydrogen-bond acceptors (Lipinski definition) is 8. The first kappa shape index (κ1) is 20.7. The fourth-order valence-corrected chi connectivity index (χ4v) is 4.79. The highest BCUT2D eigenvalue weighted by Gasteiger charge is 2.29. The Morgan fingerprint density at radius 2 is 2.00 bits per heavy atom. The molecule has 1 aliphatic heterocycles. The Labute approximate surface area is 167 Å². The molecule has 29 heavy (non-hydrogen) atoms. The molecule has 0 spiro atoms. The number of carbonyl (C=O) groups is 1. The molecular formula is C17H20N4O7S. The largest absolute Gasteiger partial charge is 0.447 e. The molecule has 0 bridgehead atoms. The van der Waals surface area contributed by atoms with E-state index in [0.717, 1.165) is 5.39 Å². The van der Waals surface area contributed by atoms with E-state index >= 15 is 0 Å². The fourth-order valence-electron chi connectivity index (χ4n) is 3.11. The highest BCUT2D eigenvalue weighted by molar-refractivity contribution is 7.89. The molecule has 12 heteroatoms. The van der Waals surface area contributed by atoms with E-state index < -0.39 is 21.2 Å². The number of sulfonamides is 1. The number of amides is 1. The van der Waals surface area contributed by atoms with Crippen molar-refractivity contribution in [2.75, 3.05) is 39.4 Å². The number of pyridine rings is 1. The number of benzene rings is 1. The van der Waals surface area contributed by atoms with Crippen molar-refractivity contribution in [3.05, 3.63) is 46.8 Å². The van der Waals surface area contributed by atoms with Crippen molar-refractivity contribution >= 4 is 26.9 Å². The molecule has 0 radical (unpaired) electrons. The number of hydrogen-bond donors (Lipinski definition) is 0. The second kappa shape index (κ2) is 9.01. The smallest absolute Gasteiger partial charge is 0.409 e. The molecule has 1 amide bonds. The van der Waals surface area contributed by atoms with Gasteiger partial charge in [0.25, 0.3) is 5.09 Å². The molecule has 0 saturated carbocycles. The summed E-state index contributed by atoms with van der Waals surface area (Å²) in [6.45, 7) is 0.231. The van der Waals surface area contributed by atoms with Crippen LogP contribution in [0.4, 0.5) is 4.79 Å². The second-order valence-electron chi connectivity index (χ2n) is 6.27. The number of rotatable bonds is 6. The third-order valence-corrected chi connectivity index (χ3v) is 6.43. The Balaban J connectivity index is 1.67. The van der Waals surface area contributed by atoms with Gasteiger partial charge in [0.15, 0.2) is 0 Å². The summed E-state index contributed by atoms with van der Waals surface area (Å²) < 4.78 is 32.7. The number of fused-ring (bicyclic) bond motifs is 1. The lowest BCUT2D eigenvalue weighted by molar-refractivity contribution is -0.757. The lowest BCUT2D eigenvalue weighted by Crippen LogP contribution is -2.38. The average Bonchev–Trinajstić information content (AvgIpc) is 2.97. The zero-order valence-electron chi connectivity index (χ0n) is 15.5. The van der Waals surface area contributed by atoms with Crippen LogP contribution in [-0.4, -0.2) is 73.2 Å². The Morgan fingerprint density at radius 1 is 1.17 bits per heavy atom. The zero-order valence-corrected chi connectivity index (χ0v) is 16.3. The maximum Gasteiger partial charge on any atom is 0.409 e. The molecule has 3 rings (SSSR count). The lowest BCUT2D eigenvalue weighted by Gasteiger charge is -2.22. The summed E-state index contributed by atoms with van der Waals surface area (Å²) in [5, 5.41) is 10.4. The molecule has 1 saturated heterocycles. The van der Waals surface area contributed by atoms with Crippen LogP contribution in [0.3, 0.4) is 0 Å². The van der Waals surface area contributed by atoms with Crippen molar-refractivity contribution in [2.24, 2.45) is 0 Å². The van der Waals surface area contributed by atoms with Gasteiger partial charge in [-0.2, -0.15) is 4.31 Å². The highest BCUT2D eigenvalue weighted by Crippen LogP contribution is 2.26. The third-order valence-electron chi connectivity index (χ3n) is 4.48. The number of aromatic nitrogens is 1. The molecule has 1 aromatic heterocycles. The summed E-state index contributed by atoms with van der Waals surface area (Å²) in [5.74, 6) is 0. The van der Waals surface area contributed by atoms with Crippen molar-refractivity contribution in [1.29, 1.82) is 0 Å². The van der Waals surface area contributed by atoms with Gasteiger partial charge >= 0.3 is 6.09 Å². The van der Waals surface area contributed by atoms with Gasteiger partial charge < -0.3 is 14.5 Å². The topological polar surface area (TPSA) is 132 Å². The molecular weight excluding hydrogens is 404 g/mol. The van der Waals surface area contributed by atoms with Crippen LogP contribution in [0.1, 0.15) is 6.42 Å². The molecule has 0 aliphatic carbocycles. The summed E-state index contributed by atoms with van der Waals surface area (Å²) in [5.41, 5.74) is 0. The van der Waals surface area contributed by atoms with Crippen LogP contribution < -0.4 is 0 Å². The van der Waals surface area contributed by atoms with Crippen LogP contribution in [-0.2, 0) is 19.6 Å². The molecule has 2 heterocycles. The maximum absolute atomic E-state index is 13.2. The molecule has 2 aromatic rings. The summed E-state index contributed by atoms with van der Waals surface area (Å²) >= 11 is 0. The van der Waals surface area contributed by atoms with Gasteiger partial charge in [-0.1, -0.05) is 12.1 Å². The molecule has 0 N–H and O–H groups in total. The molecule has 11 nitrogen and oxygen atoms in total. The van der Waals surface area contributed by atoms with Crippen LogP contribution in [0.15, 0.2) is 41.6 Å². The van der Waals surface area contributed by atoms with Crippen LogP contribution in [0.25, 0.3) is 10.8 Å². The summed E-state index contributed by atoms with van der Waals surface area (Å²) in [6.07, 6.45) is 2.93. The van der Waals surface area contributed by atoms with Crippen molar-refractivity contribution in [3.8, 4) is 0 Å². The van der Waals surface area contributed by atoms with Crippen molar-refractivity contribution < 1.29 is 27.9 Å². The fraction of sp³-hybridized carbons (Fsp3) is 0.412. The number of nitrogens with zero attached hydrogens (tertiary/aromatic N) is 4. The molecule has 1 aliphatic rings. The molecule has 156 valence electrons. The Hall–Kier alpha value is -2.99. The third kappa shape index (κ3) is 4.90. The van der Waals surface area contributed by atoms with E-state index in [4.69, 9.17) is 4.74 Å². The van der Waals surface area contributed by atoms with Gasteiger partial charge in [0, 0.05) is 49.3 Å². The first-order chi connectivity index (χ1) is 13.9. The average molecular weight is 424 g/mol. The minimum atomic E-state index is -3.76. The van der Waals surface area contributed by atoms with E-state index in [9.17, 15) is 23.3 Å². The number of ether oxygens (including phenoxy) is 1.